The van der Waals surface area contributed by atoms with Crippen molar-refractivity contribution in [3.63, 3.8) is 0 Å². The summed E-state index contributed by atoms with van der Waals surface area (Å²) >= 11 is 2.79. The average Bonchev–Trinajstić information content (AvgIpc) is 3.39. The van der Waals surface area contributed by atoms with E-state index >= 15 is 0 Å². The number of amides is 1. The zero-order chi connectivity index (χ0) is 23.2. The van der Waals surface area contributed by atoms with E-state index in [-0.39, 0.29) is 36.2 Å². The van der Waals surface area contributed by atoms with Crippen molar-refractivity contribution < 1.29 is 18.3 Å². The summed E-state index contributed by atoms with van der Waals surface area (Å²) in [6.07, 6.45) is 1.52. The number of ether oxygens (including phenoxy) is 1. The lowest BCUT2D eigenvalue weighted by atomic mass is 10.2. The fraction of sp³-hybridized carbons (Fsp3) is 0.182. The Labute approximate surface area is 196 Å². The number of benzene rings is 2. The van der Waals surface area contributed by atoms with Gasteiger partial charge >= 0.3 is 0 Å². The van der Waals surface area contributed by atoms with E-state index in [1.54, 1.807) is 24.3 Å². The Hall–Kier alpha value is -3.31. The van der Waals surface area contributed by atoms with Crippen molar-refractivity contribution in [3.05, 3.63) is 83.1 Å². The molecule has 1 amide bonds. The molecule has 2 aromatic carbocycles. The minimum Gasteiger partial charge on any atom is -0.471 e. The molecule has 1 N–H and O–H groups in total. The first-order valence-electron chi connectivity index (χ1n) is 9.97. The van der Waals surface area contributed by atoms with Crippen molar-refractivity contribution in [2.45, 2.75) is 24.4 Å². The second kappa shape index (κ2) is 10.5. The zero-order valence-electron chi connectivity index (χ0n) is 17.5. The quantitative estimate of drug-likeness (QED) is 0.264. The third kappa shape index (κ3) is 6.14. The van der Waals surface area contributed by atoms with Gasteiger partial charge in [-0.05, 0) is 41.1 Å². The van der Waals surface area contributed by atoms with E-state index in [0.717, 1.165) is 10.1 Å². The van der Waals surface area contributed by atoms with Crippen molar-refractivity contribution in [2.24, 2.45) is 0 Å². The summed E-state index contributed by atoms with van der Waals surface area (Å²) in [6, 6.07) is 12.1. The minimum absolute atomic E-state index is 0.0190. The molecule has 0 aliphatic rings. The molecule has 0 radical (unpaired) electrons. The lowest BCUT2D eigenvalue weighted by molar-refractivity contribution is 0.102. The van der Waals surface area contributed by atoms with Crippen LogP contribution in [0.3, 0.4) is 0 Å². The lowest BCUT2D eigenvalue weighted by Crippen LogP contribution is -2.12. The van der Waals surface area contributed by atoms with Gasteiger partial charge in [0.15, 0.2) is 4.34 Å². The molecule has 0 saturated carbocycles. The third-order valence-corrected chi connectivity index (χ3v) is 6.22. The highest BCUT2D eigenvalue weighted by molar-refractivity contribution is 8.01. The Morgan fingerprint density at radius 1 is 1.12 bits per heavy atom. The van der Waals surface area contributed by atoms with Gasteiger partial charge in [-0.1, -0.05) is 54.3 Å². The molecular formula is C22H19F2N5O2S2. The van der Waals surface area contributed by atoms with Gasteiger partial charge in [-0.25, -0.2) is 8.78 Å². The van der Waals surface area contributed by atoms with Crippen LogP contribution in [0.5, 0.6) is 5.88 Å². The van der Waals surface area contributed by atoms with E-state index < -0.39 is 5.91 Å². The fourth-order valence-electron chi connectivity index (χ4n) is 2.95. The number of rotatable bonds is 9. The monoisotopic (exact) mass is 487 g/mol. The molecule has 2 aromatic heterocycles. The number of nitrogens with one attached hydrogen (secondary N) is 1. The molecule has 0 spiro atoms. The second-order valence-electron chi connectivity index (χ2n) is 6.85. The van der Waals surface area contributed by atoms with Crippen molar-refractivity contribution in [1.29, 1.82) is 0 Å². The number of carbonyl (C=O) groups excluding carboxylic acids is 1. The normalized spacial score (nSPS) is 10.9. The average molecular weight is 488 g/mol. The van der Waals surface area contributed by atoms with E-state index in [2.05, 4.69) is 20.6 Å². The summed E-state index contributed by atoms with van der Waals surface area (Å²) in [5, 5.41) is 15.4. The Balaban J connectivity index is 1.56. The summed E-state index contributed by atoms with van der Waals surface area (Å²) in [5.74, 6) is -0.312. The molecule has 7 nitrogen and oxygen atoms in total. The first kappa shape index (κ1) is 22.9. The molecule has 4 aromatic rings. The van der Waals surface area contributed by atoms with Gasteiger partial charge in [-0.3, -0.25) is 14.8 Å². The van der Waals surface area contributed by atoms with Gasteiger partial charge in [-0.2, -0.15) is 0 Å². The van der Waals surface area contributed by atoms with Crippen LogP contribution in [0.4, 0.5) is 13.9 Å². The van der Waals surface area contributed by atoms with Crippen LogP contribution < -0.4 is 10.1 Å². The molecule has 0 atom stereocenters. The SMILES string of the molecule is CCSc1nnc(NC(=O)c2cn(Cc3cccc(F)c3)nc2OCc2cccc(F)c2)s1. The first-order valence-corrected chi connectivity index (χ1v) is 11.8. The van der Waals surface area contributed by atoms with Gasteiger partial charge in [0.25, 0.3) is 5.91 Å². The molecule has 11 heteroatoms. The van der Waals surface area contributed by atoms with Crippen molar-refractivity contribution in [1.82, 2.24) is 20.0 Å². The van der Waals surface area contributed by atoms with E-state index in [1.807, 2.05) is 6.92 Å². The maximum absolute atomic E-state index is 13.6. The number of halogens is 2. The smallest absolute Gasteiger partial charge is 0.264 e. The van der Waals surface area contributed by atoms with Crippen LogP contribution in [-0.2, 0) is 13.2 Å². The molecule has 2 heterocycles. The molecule has 0 fully saturated rings. The summed E-state index contributed by atoms with van der Waals surface area (Å²) in [4.78, 5) is 13.0. The van der Waals surface area contributed by atoms with E-state index in [1.165, 1.54) is 58.2 Å². The number of carbonyl (C=O) groups is 1. The number of hydrogen-bond acceptors (Lipinski definition) is 7. The predicted octanol–water partition coefficient (Wildman–Crippen LogP) is 5.00. The second-order valence-corrected chi connectivity index (χ2v) is 9.34. The maximum atomic E-state index is 13.6. The highest BCUT2D eigenvalue weighted by Crippen LogP contribution is 2.26. The molecular weight excluding hydrogens is 468 g/mol. The van der Waals surface area contributed by atoms with Crippen LogP contribution >= 0.6 is 23.1 Å². The summed E-state index contributed by atoms with van der Waals surface area (Å²) in [7, 11) is 0. The molecule has 0 saturated heterocycles. The van der Waals surface area contributed by atoms with Crippen LogP contribution in [0.15, 0.2) is 59.1 Å². The number of anilines is 1. The van der Waals surface area contributed by atoms with Gasteiger partial charge in [0.1, 0.15) is 23.8 Å². The fourth-order valence-corrected chi connectivity index (χ4v) is 4.60. The summed E-state index contributed by atoms with van der Waals surface area (Å²) in [5.41, 5.74) is 1.43. The van der Waals surface area contributed by atoms with Gasteiger partial charge < -0.3 is 4.74 Å². The molecule has 0 aliphatic carbocycles. The molecule has 170 valence electrons. The predicted molar refractivity (Wildman–Crippen MR) is 123 cm³/mol. The highest BCUT2D eigenvalue weighted by Gasteiger charge is 2.20. The summed E-state index contributed by atoms with van der Waals surface area (Å²) in [6.45, 7) is 2.25. The van der Waals surface area contributed by atoms with E-state index in [9.17, 15) is 13.6 Å². The molecule has 0 bridgehead atoms. The minimum atomic E-state index is -0.473. The molecule has 33 heavy (non-hydrogen) atoms. The van der Waals surface area contributed by atoms with Gasteiger partial charge in [0.05, 0.1) is 6.54 Å². The number of aromatic nitrogens is 4. The number of thioether (sulfide) groups is 1. The first-order chi connectivity index (χ1) is 16.0. The highest BCUT2D eigenvalue weighted by atomic mass is 32.2. The van der Waals surface area contributed by atoms with E-state index in [0.29, 0.717) is 16.3 Å². The van der Waals surface area contributed by atoms with E-state index in [4.69, 9.17) is 4.74 Å². The lowest BCUT2D eigenvalue weighted by Gasteiger charge is -2.06. The van der Waals surface area contributed by atoms with Crippen molar-refractivity contribution in [3.8, 4) is 5.88 Å². The zero-order valence-corrected chi connectivity index (χ0v) is 19.1. The van der Waals surface area contributed by atoms with Gasteiger partial charge in [0, 0.05) is 6.20 Å². The largest absolute Gasteiger partial charge is 0.471 e. The molecule has 0 aliphatic heterocycles. The standard InChI is InChI=1S/C22H19F2N5O2S2/c1-2-32-22-27-26-21(33-22)25-19(30)18-12-29(11-14-5-3-7-16(23)9-14)28-20(18)31-13-15-6-4-8-17(24)10-15/h3-10,12H,2,11,13H2,1H3,(H,25,26,30). The number of nitrogens with zero attached hydrogens (tertiary/aromatic N) is 4. The van der Waals surface area contributed by atoms with Crippen molar-refractivity contribution in [2.75, 3.05) is 11.1 Å². The van der Waals surface area contributed by atoms with Gasteiger partial charge in [0.2, 0.25) is 11.0 Å². The summed E-state index contributed by atoms with van der Waals surface area (Å²) < 4.78 is 35.0. The van der Waals surface area contributed by atoms with Gasteiger partial charge in [-0.15, -0.1) is 15.3 Å². The topological polar surface area (TPSA) is 81.9 Å². The molecule has 0 unspecified atom stereocenters. The Kier molecular flexibility index (Phi) is 7.30. The molecule has 4 rings (SSSR count). The van der Waals surface area contributed by atoms with Crippen LogP contribution in [0.1, 0.15) is 28.4 Å². The van der Waals surface area contributed by atoms with Crippen LogP contribution in [0.2, 0.25) is 0 Å². The van der Waals surface area contributed by atoms with Crippen LogP contribution in [-0.4, -0.2) is 31.6 Å². The maximum Gasteiger partial charge on any atom is 0.264 e. The van der Waals surface area contributed by atoms with Crippen LogP contribution in [0.25, 0.3) is 0 Å². The van der Waals surface area contributed by atoms with Crippen molar-refractivity contribution >= 4 is 34.1 Å². The third-order valence-electron chi connectivity index (χ3n) is 4.37. The Morgan fingerprint density at radius 3 is 2.58 bits per heavy atom. The Morgan fingerprint density at radius 2 is 1.85 bits per heavy atom. The number of hydrogen-bond donors (Lipinski definition) is 1. The van der Waals surface area contributed by atoms with Crippen LogP contribution in [0, 0.1) is 11.6 Å². The Bertz CT molecular complexity index is 1260.